The van der Waals surface area contributed by atoms with Crippen LogP contribution in [-0.4, -0.2) is 56.2 Å². The van der Waals surface area contributed by atoms with Gasteiger partial charge in [-0.1, -0.05) is 11.6 Å². The molecule has 0 unspecified atom stereocenters. The van der Waals surface area contributed by atoms with Crippen molar-refractivity contribution in [1.29, 1.82) is 0 Å². The highest BCUT2D eigenvalue weighted by Crippen LogP contribution is 2.24. The van der Waals surface area contributed by atoms with E-state index in [-0.39, 0.29) is 31.1 Å². The van der Waals surface area contributed by atoms with Gasteiger partial charge in [-0.25, -0.2) is 17.9 Å². The Kier molecular flexibility index (Phi) is 8.58. The van der Waals surface area contributed by atoms with E-state index in [4.69, 9.17) is 21.1 Å². The van der Waals surface area contributed by atoms with Crippen molar-refractivity contribution in [3.63, 3.8) is 0 Å². The lowest BCUT2D eigenvalue weighted by Crippen LogP contribution is -2.43. The van der Waals surface area contributed by atoms with Crippen molar-refractivity contribution >= 4 is 38.5 Å². The molecule has 0 aliphatic carbocycles. The van der Waals surface area contributed by atoms with Gasteiger partial charge < -0.3 is 14.4 Å². The highest BCUT2D eigenvalue weighted by Gasteiger charge is 2.23. The molecule has 1 aromatic heterocycles. The first-order valence-corrected chi connectivity index (χ1v) is 13.0. The van der Waals surface area contributed by atoms with Gasteiger partial charge in [-0.05, 0) is 75.7 Å². The summed E-state index contributed by atoms with van der Waals surface area (Å²) in [6.07, 6.45) is 2.64. The van der Waals surface area contributed by atoms with Crippen LogP contribution in [0.1, 0.15) is 26.3 Å². The monoisotopic (exact) mass is 519 g/mol. The van der Waals surface area contributed by atoms with Gasteiger partial charge in [0.15, 0.2) is 0 Å². The fraction of sp³-hybridized carbons (Fsp3) is 0.360. The lowest BCUT2D eigenvalue weighted by atomic mass is 10.1. The molecule has 1 amide bonds. The number of rotatable bonds is 9. The summed E-state index contributed by atoms with van der Waals surface area (Å²) in [5, 5.41) is 1.92. The van der Waals surface area contributed by atoms with Crippen LogP contribution < -0.4 is 9.46 Å². The molecule has 0 aliphatic heterocycles. The number of benzene rings is 2. The number of hydrogen-bond acceptors (Lipinski definition) is 6. The van der Waals surface area contributed by atoms with Crippen molar-refractivity contribution < 1.29 is 22.7 Å². The third-order valence-corrected chi connectivity index (χ3v) is 6.67. The van der Waals surface area contributed by atoms with Crippen LogP contribution in [0.25, 0.3) is 10.8 Å². The molecule has 8 nitrogen and oxygen atoms in total. The number of sulfonamides is 1. The van der Waals surface area contributed by atoms with Gasteiger partial charge in [-0.15, -0.1) is 0 Å². The second-order valence-corrected chi connectivity index (χ2v) is 11.2. The standard InChI is InChI=1S/C25H30ClN3O5S/c1-18-15-19-17-27-10-9-22(19)23(16-18)35(31,32)28-11-12-29(24(30)34-25(2,3)4)13-14-33-21-7-5-20(26)6-8-21/h5-10,15-17,28H,11-14H2,1-4H3. The molecule has 35 heavy (non-hydrogen) atoms. The van der Waals surface area contributed by atoms with E-state index in [9.17, 15) is 13.2 Å². The van der Waals surface area contributed by atoms with Crippen LogP contribution in [-0.2, 0) is 14.8 Å². The second-order valence-electron chi connectivity index (χ2n) is 9.03. The molecule has 0 aliphatic rings. The predicted molar refractivity (Wildman–Crippen MR) is 136 cm³/mol. The van der Waals surface area contributed by atoms with Crippen molar-refractivity contribution in [2.75, 3.05) is 26.2 Å². The van der Waals surface area contributed by atoms with Gasteiger partial charge in [0.05, 0.1) is 11.4 Å². The molecule has 0 fully saturated rings. The van der Waals surface area contributed by atoms with Gasteiger partial charge in [0.1, 0.15) is 18.0 Å². The Morgan fingerprint density at radius 2 is 1.83 bits per heavy atom. The molecule has 0 bridgehead atoms. The number of carbonyl (C=O) groups is 1. The summed E-state index contributed by atoms with van der Waals surface area (Å²) < 4.78 is 40.0. The molecule has 0 spiro atoms. The number of ether oxygens (including phenoxy) is 2. The maximum absolute atomic E-state index is 13.1. The molecule has 2 aromatic carbocycles. The SMILES string of the molecule is Cc1cc(S(=O)(=O)NCCN(CCOc2ccc(Cl)cc2)C(=O)OC(C)(C)C)c2ccncc2c1. The van der Waals surface area contributed by atoms with Gasteiger partial charge in [0.2, 0.25) is 10.0 Å². The van der Waals surface area contributed by atoms with Crippen molar-refractivity contribution in [1.82, 2.24) is 14.6 Å². The van der Waals surface area contributed by atoms with Gasteiger partial charge in [0, 0.05) is 41.3 Å². The number of nitrogens with one attached hydrogen (secondary N) is 1. The summed E-state index contributed by atoms with van der Waals surface area (Å²) in [6.45, 7) is 7.65. The van der Waals surface area contributed by atoms with E-state index in [0.29, 0.717) is 16.2 Å². The van der Waals surface area contributed by atoms with Crippen LogP contribution in [0.5, 0.6) is 5.75 Å². The number of hydrogen-bond donors (Lipinski definition) is 1. The van der Waals surface area contributed by atoms with Crippen LogP contribution in [0.15, 0.2) is 59.8 Å². The number of aryl methyl sites for hydroxylation is 1. The molecule has 188 valence electrons. The molecule has 0 saturated heterocycles. The lowest BCUT2D eigenvalue weighted by molar-refractivity contribution is 0.0230. The Labute approximate surface area is 211 Å². The summed E-state index contributed by atoms with van der Waals surface area (Å²) in [4.78, 5) is 18.4. The van der Waals surface area contributed by atoms with Gasteiger partial charge >= 0.3 is 6.09 Å². The first-order valence-electron chi connectivity index (χ1n) is 11.1. The molecule has 3 rings (SSSR count). The highest BCUT2D eigenvalue weighted by atomic mass is 35.5. The molecule has 0 atom stereocenters. The maximum atomic E-state index is 13.1. The zero-order valence-corrected chi connectivity index (χ0v) is 21.8. The van der Waals surface area contributed by atoms with Crippen LogP contribution >= 0.6 is 11.6 Å². The average molecular weight is 520 g/mol. The van der Waals surface area contributed by atoms with Crippen LogP contribution in [0, 0.1) is 6.92 Å². The fourth-order valence-corrected chi connectivity index (χ4v) is 4.82. The van der Waals surface area contributed by atoms with Crippen LogP contribution in [0.2, 0.25) is 5.02 Å². The van der Waals surface area contributed by atoms with E-state index in [1.165, 1.54) is 4.90 Å². The lowest BCUT2D eigenvalue weighted by Gasteiger charge is -2.27. The van der Waals surface area contributed by atoms with Crippen molar-refractivity contribution in [3.8, 4) is 5.75 Å². The fourth-order valence-electron chi connectivity index (χ4n) is 3.36. The number of fused-ring (bicyclic) bond motifs is 1. The summed E-state index contributed by atoms with van der Waals surface area (Å²) >= 11 is 5.89. The molecule has 1 N–H and O–H groups in total. The second kappa shape index (κ2) is 11.2. The molecule has 3 aromatic rings. The van der Waals surface area contributed by atoms with E-state index in [2.05, 4.69) is 9.71 Å². The summed E-state index contributed by atoms with van der Waals surface area (Å²) in [5.74, 6) is 0.611. The third kappa shape index (κ3) is 7.81. The Morgan fingerprint density at radius 3 is 2.51 bits per heavy atom. The minimum Gasteiger partial charge on any atom is -0.492 e. The summed E-state index contributed by atoms with van der Waals surface area (Å²) in [7, 11) is -3.83. The molecular weight excluding hydrogens is 490 g/mol. The first-order chi connectivity index (χ1) is 16.4. The number of halogens is 1. The van der Waals surface area contributed by atoms with Crippen molar-refractivity contribution in [2.24, 2.45) is 0 Å². The molecular formula is C25H30ClN3O5S. The van der Waals surface area contributed by atoms with E-state index in [0.717, 1.165) is 10.9 Å². The predicted octanol–water partition coefficient (Wildman–Crippen LogP) is 4.79. The minimum atomic E-state index is -3.83. The average Bonchev–Trinajstić information content (AvgIpc) is 2.77. The number of aromatic nitrogens is 1. The van der Waals surface area contributed by atoms with E-state index in [1.807, 2.05) is 13.0 Å². The number of pyridine rings is 1. The zero-order valence-electron chi connectivity index (χ0n) is 20.2. The Morgan fingerprint density at radius 1 is 1.11 bits per heavy atom. The maximum Gasteiger partial charge on any atom is 0.410 e. The first kappa shape index (κ1) is 26.7. The smallest absolute Gasteiger partial charge is 0.410 e. The Balaban J connectivity index is 1.68. The Hall–Kier alpha value is -2.88. The summed E-state index contributed by atoms with van der Waals surface area (Å²) in [6, 6.07) is 12.1. The van der Waals surface area contributed by atoms with Gasteiger partial charge in [-0.3, -0.25) is 4.98 Å². The largest absolute Gasteiger partial charge is 0.492 e. The van der Waals surface area contributed by atoms with E-state index < -0.39 is 21.7 Å². The van der Waals surface area contributed by atoms with E-state index >= 15 is 0 Å². The van der Waals surface area contributed by atoms with Gasteiger partial charge in [0.25, 0.3) is 0 Å². The van der Waals surface area contributed by atoms with E-state index in [1.54, 1.807) is 69.6 Å². The normalized spacial score (nSPS) is 11.9. The number of nitrogens with zero attached hydrogens (tertiary/aromatic N) is 2. The quantitative estimate of drug-likeness (QED) is 0.436. The van der Waals surface area contributed by atoms with Crippen molar-refractivity contribution in [2.45, 2.75) is 38.2 Å². The summed E-state index contributed by atoms with van der Waals surface area (Å²) in [5.41, 5.74) is 0.112. The number of amides is 1. The molecule has 10 heteroatoms. The van der Waals surface area contributed by atoms with Gasteiger partial charge in [-0.2, -0.15) is 0 Å². The molecule has 0 saturated carbocycles. The van der Waals surface area contributed by atoms with Crippen LogP contribution in [0.3, 0.4) is 0 Å². The molecule has 0 radical (unpaired) electrons. The molecule has 1 heterocycles. The minimum absolute atomic E-state index is 0.00302. The highest BCUT2D eigenvalue weighted by molar-refractivity contribution is 7.89. The Bertz CT molecular complexity index is 1270. The number of carbonyl (C=O) groups excluding carboxylic acids is 1. The topological polar surface area (TPSA) is 97.8 Å². The van der Waals surface area contributed by atoms with Crippen molar-refractivity contribution in [3.05, 3.63) is 65.4 Å². The third-order valence-electron chi connectivity index (χ3n) is 4.92. The van der Waals surface area contributed by atoms with Crippen LogP contribution in [0.4, 0.5) is 4.79 Å². The zero-order chi connectivity index (χ0) is 25.6.